The molecule has 2 N–H and O–H groups in total. The first-order valence-corrected chi connectivity index (χ1v) is 13.2. The lowest BCUT2D eigenvalue weighted by atomic mass is 9.85. The number of aliphatic hydroxyl groups excluding tert-OH is 1. The number of anilines is 1. The topological polar surface area (TPSA) is 105 Å². The monoisotopic (exact) mass is 525 g/mol. The molecular formula is C29H39N3O6. The summed E-state index contributed by atoms with van der Waals surface area (Å²) >= 11 is 0. The van der Waals surface area contributed by atoms with Gasteiger partial charge in [-0.15, -0.1) is 0 Å². The van der Waals surface area contributed by atoms with Crippen LogP contribution in [-0.2, 0) is 25.6 Å². The first-order valence-electron chi connectivity index (χ1n) is 13.2. The van der Waals surface area contributed by atoms with Crippen LogP contribution in [0.5, 0.6) is 5.75 Å². The van der Waals surface area contributed by atoms with E-state index in [9.17, 15) is 10.4 Å². The van der Waals surface area contributed by atoms with Gasteiger partial charge in [0.2, 0.25) is 0 Å². The average Bonchev–Trinajstić information content (AvgIpc) is 2.95. The summed E-state index contributed by atoms with van der Waals surface area (Å²) in [7, 11) is 3.28. The van der Waals surface area contributed by atoms with Gasteiger partial charge in [-0.05, 0) is 41.8 Å². The van der Waals surface area contributed by atoms with E-state index in [1.807, 2.05) is 30.3 Å². The quantitative estimate of drug-likeness (QED) is 0.382. The molecule has 4 rings (SSSR count). The lowest BCUT2D eigenvalue weighted by Gasteiger charge is -2.39. The number of aliphatic hydroxyl groups is 1. The van der Waals surface area contributed by atoms with Gasteiger partial charge in [0.1, 0.15) is 18.5 Å². The molecule has 0 radical (unpaired) electrons. The van der Waals surface area contributed by atoms with Crippen molar-refractivity contribution in [3.8, 4) is 11.8 Å². The maximum atomic E-state index is 10.2. The molecule has 2 heterocycles. The van der Waals surface area contributed by atoms with Gasteiger partial charge in [-0.3, -0.25) is 0 Å². The van der Waals surface area contributed by atoms with Crippen LogP contribution >= 0.6 is 0 Å². The second kappa shape index (κ2) is 14.4. The maximum Gasteiger partial charge on any atom is 0.142 e. The number of methoxy groups -OCH3 is 2. The van der Waals surface area contributed by atoms with E-state index >= 15 is 0 Å². The molecule has 38 heavy (non-hydrogen) atoms. The van der Waals surface area contributed by atoms with Crippen LogP contribution in [0.25, 0.3) is 0 Å². The summed E-state index contributed by atoms with van der Waals surface area (Å²) in [6, 6.07) is 16.0. The van der Waals surface area contributed by atoms with Crippen LogP contribution in [0.1, 0.15) is 29.0 Å². The van der Waals surface area contributed by atoms with Crippen LogP contribution < -0.4 is 15.0 Å². The molecule has 9 heteroatoms. The molecule has 0 amide bonds. The highest BCUT2D eigenvalue weighted by molar-refractivity contribution is 5.61. The van der Waals surface area contributed by atoms with Crippen molar-refractivity contribution in [2.75, 3.05) is 71.7 Å². The Labute approximate surface area is 225 Å². The highest BCUT2D eigenvalue weighted by Crippen LogP contribution is 2.34. The summed E-state index contributed by atoms with van der Waals surface area (Å²) < 4.78 is 28.9. The molecule has 1 fully saturated rings. The van der Waals surface area contributed by atoms with E-state index in [2.05, 4.69) is 28.4 Å². The van der Waals surface area contributed by atoms with E-state index in [0.29, 0.717) is 31.9 Å². The number of piperidine rings is 1. The minimum Gasteiger partial charge on any atom is -0.490 e. The standard InChI is InChI=1S/C29H39N3O6/c1-34-12-3-10-32-11-13-36-26-9-6-22(14-25(26)32)18-37-27-16-31-17-28(38-20-24(33)19-35-2)29(27)23-7-4-21(15-30)5-8-23/h4-9,14,24,27-29,31,33H,3,10-13,16-20H2,1-2H3/t24?,27-,28?,29?/m0/s1. The Morgan fingerprint density at radius 2 is 1.87 bits per heavy atom. The Kier molecular flexibility index (Phi) is 10.8. The zero-order valence-electron chi connectivity index (χ0n) is 22.3. The minimum absolute atomic E-state index is 0.0646. The van der Waals surface area contributed by atoms with Gasteiger partial charge in [0, 0.05) is 46.4 Å². The molecule has 3 unspecified atom stereocenters. The second-order valence-corrected chi connectivity index (χ2v) is 9.73. The highest BCUT2D eigenvalue weighted by Gasteiger charge is 2.36. The van der Waals surface area contributed by atoms with Crippen LogP contribution in [0.15, 0.2) is 42.5 Å². The van der Waals surface area contributed by atoms with Gasteiger partial charge in [0.15, 0.2) is 0 Å². The fourth-order valence-electron chi connectivity index (χ4n) is 5.11. The fraction of sp³-hybridized carbons (Fsp3) is 0.552. The molecule has 206 valence electrons. The normalized spacial score (nSPS) is 21.8. The Morgan fingerprint density at radius 1 is 1.08 bits per heavy atom. The largest absolute Gasteiger partial charge is 0.490 e. The van der Waals surface area contributed by atoms with Gasteiger partial charge >= 0.3 is 0 Å². The lowest BCUT2D eigenvalue weighted by molar-refractivity contribution is -0.0856. The van der Waals surface area contributed by atoms with Gasteiger partial charge in [0.05, 0.1) is 55.9 Å². The molecule has 2 aromatic rings. The van der Waals surface area contributed by atoms with Crippen molar-refractivity contribution in [2.24, 2.45) is 0 Å². The number of hydrogen-bond donors (Lipinski definition) is 2. The number of nitrogens with one attached hydrogen (secondary N) is 1. The van der Waals surface area contributed by atoms with Crippen LogP contribution in [0.4, 0.5) is 5.69 Å². The van der Waals surface area contributed by atoms with Crippen molar-refractivity contribution in [1.82, 2.24) is 5.32 Å². The van der Waals surface area contributed by atoms with E-state index in [0.717, 1.165) is 48.7 Å². The number of benzene rings is 2. The van der Waals surface area contributed by atoms with Crippen LogP contribution in [0.2, 0.25) is 0 Å². The molecule has 0 spiro atoms. The molecule has 1 saturated heterocycles. The number of hydrogen-bond acceptors (Lipinski definition) is 9. The predicted octanol–water partition coefficient (Wildman–Crippen LogP) is 2.46. The molecule has 0 aliphatic carbocycles. The molecule has 9 nitrogen and oxygen atoms in total. The molecular weight excluding hydrogens is 486 g/mol. The van der Waals surface area contributed by atoms with Gasteiger partial charge in [-0.1, -0.05) is 18.2 Å². The third kappa shape index (κ3) is 7.44. The summed E-state index contributed by atoms with van der Waals surface area (Å²) in [6.45, 7) is 5.30. The summed E-state index contributed by atoms with van der Waals surface area (Å²) in [6.07, 6.45) is -0.114. The maximum absolute atomic E-state index is 10.2. The fourth-order valence-corrected chi connectivity index (χ4v) is 5.11. The molecule has 4 atom stereocenters. The smallest absolute Gasteiger partial charge is 0.142 e. The van der Waals surface area contributed by atoms with Gasteiger partial charge in [-0.2, -0.15) is 5.26 Å². The summed E-state index contributed by atoms with van der Waals surface area (Å²) in [5, 5.41) is 22.8. The first kappa shape index (κ1) is 28.3. The third-order valence-corrected chi connectivity index (χ3v) is 7.00. The van der Waals surface area contributed by atoms with Crippen molar-refractivity contribution in [1.29, 1.82) is 5.26 Å². The van der Waals surface area contributed by atoms with Crippen molar-refractivity contribution in [3.63, 3.8) is 0 Å². The van der Waals surface area contributed by atoms with E-state index in [4.69, 9.17) is 23.7 Å². The van der Waals surface area contributed by atoms with Crippen molar-refractivity contribution in [2.45, 2.75) is 37.3 Å². The molecule has 2 aliphatic rings. The van der Waals surface area contributed by atoms with E-state index < -0.39 is 6.10 Å². The number of nitrogens with zero attached hydrogens (tertiary/aromatic N) is 2. The van der Waals surface area contributed by atoms with E-state index in [1.165, 1.54) is 0 Å². The Bertz CT molecular complexity index is 1040. The van der Waals surface area contributed by atoms with E-state index in [-0.39, 0.29) is 31.3 Å². The lowest BCUT2D eigenvalue weighted by Crippen LogP contribution is -2.51. The number of nitriles is 1. The average molecular weight is 526 g/mol. The van der Waals surface area contributed by atoms with Gasteiger partial charge < -0.3 is 39.0 Å². The molecule has 0 bridgehead atoms. The SMILES string of the molecule is COCCCN1CCOc2ccc(CO[C@H]3CNCC(OCC(O)COC)C3c3ccc(C#N)cc3)cc21. The molecule has 0 saturated carbocycles. The highest BCUT2D eigenvalue weighted by atomic mass is 16.5. The summed E-state index contributed by atoms with van der Waals surface area (Å²) in [5.74, 6) is 0.834. The molecule has 2 aliphatic heterocycles. The van der Waals surface area contributed by atoms with Crippen molar-refractivity contribution < 1.29 is 28.8 Å². The predicted molar refractivity (Wildman–Crippen MR) is 144 cm³/mol. The van der Waals surface area contributed by atoms with Gasteiger partial charge in [0.25, 0.3) is 0 Å². The van der Waals surface area contributed by atoms with Crippen LogP contribution in [0, 0.1) is 11.3 Å². The zero-order chi connectivity index (χ0) is 26.7. The summed E-state index contributed by atoms with van der Waals surface area (Å²) in [5.41, 5.74) is 3.82. The van der Waals surface area contributed by atoms with Crippen LogP contribution in [-0.4, -0.2) is 90.2 Å². The number of rotatable bonds is 13. The van der Waals surface area contributed by atoms with Crippen molar-refractivity contribution in [3.05, 3.63) is 59.2 Å². The Morgan fingerprint density at radius 3 is 2.61 bits per heavy atom. The minimum atomic E-state index is -0.701. The molecule has 2 aromatic carbocycles. The number of fused-ring (bicyclic) bond motifs is 1. The second-order valence-electron chi connectivity index (χ2n) is 9.73. The first-order chi connectivity index (χ1) is 18.6. The Balaban J connectivity index is 1.48. The van der Waals surface area contributed by atoms with Crippen LogP contribution in [0.3, 0.4) is 0 Å². The van der Waals surface area contributed by atoms with E-state index in [1.54, 1.807) is 14.2 Å². The number of ether oxygens (including phenoxy) is 5. The van der Waals surface area contributed by atoms with Gasteiger partial charge in [-0.25, -0.2) is 0 Å². The summed E-state index contributed by atoms with van der Waals surface area (Å²) in [4.78, 5) is 2.35. The third-order valence-electron chi connectivity index (χ3n) is 7.00. The zero-order valence-corrected chi connectivity index (χ0v) is 22.3. The Hall–Kier alpha value is -2.71. The van der Waals surface area contributed by atoms with Crippen molar-refractivity contribution >= 4 is 5.69 Å². The molecule has 0 aromatic heterocycles.